The Kier molecular flexibility index (Phi) is 4.63. The van der Waals surface area contributed by atoms with Gasteiger partial charge in [0.25, 0.3) is 0 Å². The molecule has 1 heterocycles. The van der Waals surface area contributed by atoms with Gasteiger partial charge in [-0.15, -0.1) is 0 Å². The number of benzene rings is 1. The number of carbonyl (C=O) groups is 1. The molecule has 1 aromatic rings. The van der Waals surface area contributed by atoms with Gasteiger partial charge in [0.15, 0.2) is 0 Å². The maximum Gasteiger partial charge on any atom is 0.317 e. The van der Waals surface area contributed by atoms with Crippen molar-refractivity contribution >= 4 is 11.7 Å². The Morgan fingerprint density at radius 2 is 2.26 bits per heavy atom. The van der Waals surface area contributed by atoms with Gasteiger partial charge in [-0.05, 0) is 18.6 Å². The summed E-state index contributed by atoms with van der Waals surface area (Å²) in [6.45, 7) is 4.85. The van der Waals surface area contributed by atoms with Crippen LogP contribution in [0.4, 0.5) is 10.5 Å². The zero-order valence-corrected chi connectivity index (χ0v) is 11.5. The van der Waals surface area contributed by atoms with E-state index in [2.05, 4.69) is 17.6 Å². The molecule has 5 heteroatoms. The van der Waals surface area contributed by atoms with Gasteiger partial charge in [-0.25, -0.2) is 4.79 Å². The summed E-state index contributed by atoms with van der Waals surface area (Å²) in [5.41, 5.74) is 2.19. The fourth-order valence-electron chi connectivity index (χ4n) is 2.22. The van der Waals surface area contributed by atoms with E-state index in [4.69, 9.17) is 4.74 Å². The molecule has 19 heavy (non-hydrogen) atoms. The zero-order chi connectivity index (χ0) is 13.7. The van der Waals surface area contributed by atoms with Gasteiger partial charge in [0, 0.05) is 38.5 Å². The molecular formula is C14H21N3O2. The highest BCUT2D eigenvalue weighted by Crippen LogP contribution is 2.19. The molecule has 2 N–H and O–H groups in total. The molecule has 1 atom stereocenters. The van der Waals surface area contributed by atoms with Crippen LogP contribution in [0.3, 0.4) is 0 Å². The van der Waals surface area contributed by atoms with Crippen LogP contribution in [-0.4, -0.2) is 43.8 Å². The van der Waals surface area contributed by atoms with Gasteiger partial charge in [-0.1, -0.05) is 18.2 Å². The van der Waals surface area contributed by atoms with Gasteiger partial charge in [-0.3, -0.25) is 0 Å². The standard InChI is InChI=1S/C14H21N3O2/c1-11(10-19-2)16-13-6-4-3-5-12(13)9-17-8-7-15-14(17)18/h3-6,11,16H,7-10H2,1-2H3,(H,15,18)/t11-/m1/s1. The molecule has 0 saturated carbocycles. The van der Waals surface area contributed by atoms with E-state index in [0.717, 1.165) is 24.3 Å². The summed E-state index contributed by atoms with van der Waals surface area (Å²) >= 11 is 0. The Morgan fingerprint density at radius 1 is 1.47 bits per heavy atom. The number of methoxy groups -OCH3 is 1. The summed E-state index contributed by atoms with van der Waals surface area (Å²) < 4.78 is 5.13. The molecule has 1 aromatic carbocycles. The minimum Gasteiger partial charge on any atom is -0.383 e. The third-order valence-corrected chi connectivity index (χ3v) is 3.14. The molecule has 1 saturated heterocycles. The first-order valence-electron chi connectivity index (χ1n) is 6.57. The van der Waals surface area contributed by atoms with Crippen LogP contribution in [0.2, 0.25) is 0 Å². The monoisotopic (exact) mass is 263 g/mol. The van der Waals surface area contributed by atoms with Crippen LogP contribution in [0.5, 0.6) is 0 Å². The lowest BCUT2D eigenvalue weighted by molar-refractivity contribution is 0.190. The Bertz CT molecular complexity index is 436. The van der Waals surface area contributed by atoms with E-state index < -0.39 is 0 Å². The summed E-state index contributed by atoms with van der Waals surface area (Å²) in [7, 11) is 1.69. The maximum absolute atomic E-state index is 11.6. The number of urea groups is 1. The molecule has 5 nitrogen and oxygen atoms in total. The number of amides is 2. The molecule has 1 aliphatic rings. The van der Waals surface area contributed by atoms with Crippen LogP contribution in [0.25, 0.3) is 0 Å². The molecule has 0 aromatic heterocycles. The summed E-state index contributed by atoms with van der Waals surface area (Å²) in [5.74, 6) is 0. The van der Waals surface area contributed by atoms with Gasteiger partial charge >= 0.3 is 6.03 Å². The van der Waals surface area contributed by atoms with Crippen LogP contribution in [-0.2, 0) is 11.3 Å². The van der Waals surface area contributed by atoms with E-state index in [1.807, 2.05) is 29.2 Å². The van der Waals surface area contributed by atoms with Crippen molar-refractivity contribution in [2.24, 2.45) is 0 Å². The first-order chi connectivity index (χ1) is 9.20. The normalized spacial score (nSPS) is 16.3. The van der Waals surface area contributed by atoms with Gasteiger partial charge in [0.1, 0.15) is 0 Å². The Hall–Kier alpha value is -1.75. The minimum atomic E-state index is 0.0137. The second-order valence-corrected chi connectivity index (χ2v) is 4.81. The van der Waals surface area contributed by atoms with Crippen molar-refractivity contribution in [3.05, 3.63) is 29.8 Å². The molecule has 1 fully saturated rings. The Morgan fingerprint density at radius 3 is 2.95 bits per heavy atom. The van der Waals surface area contributed by atoms with Gasteiger partial charge in [-0.2, -0.15) is 0 Å². The first-order valence-corrected chi connectivity index (χ1v) is 6.57. The minimum absolute atomic E-state index is 0.0137. The van der Waals surface area contributed by atoms with Crippen molar-refractivity contribution in [2.45, 2.75) is 19.5 Å². The van der Waals surface area contributed by atoms with E-state index in [9.17, 15) is 4.79 Å². The SMILES string of the molecule is COC[C@@H](C)Nc1ccccc1CN1CCNC1=O. The third-order valence-electron chi connectivity index (χ3n) is 3.14. The van der Waals surface area contributed by atoms with Crippen molar-refractivity contribution < 1.29 is 9.53 Å². The number of nitrogens with one attached hydrogen (secondary N) is 2. The molecular weight excluding hydrogens is 242 g/mol. The average molecular weight is 263 g/mol. The predicted molar refractivity (Wildman–Crippen MR) is 75.2 cm³/mol. The lowest BCUT2D eigenvalue weighted by Gasteiger charge is -2.20. The lowest BCUT2D eigenvalue weighted by atomic mass is 10.1. The molecule has 1 aliphatic heterocycles. The summed E-state index contributed by atoms with van der Waals surface area (Å²) in [5, 5.41) is 6.23. The quantitative estimate of drug-likeness (QED) is 0.820. The highest BCUT2D eigenvalue weighted by molar-refractivity contribution is 5.76. The van der Waals surface area contributed by atoms with E-state index >= 15 is 0 Å². The number of hydrogen-bond acceptors (Lipinski definition) is 3. The van der Waals surface area contributed by atoms with E-state index in [0.29, 0.717) is 13.2 Å². The van der Waals surface area contributed by atoms with E-state index in [1.165, 1.54) is 0 Å². The van der Waals surface area contributed by atoms with Crippen LogP contribution < -0.4 is 10.6 Å². The summed E-state index contributed by atoms with van der Waals surface area (Å²) in [6.07, 6.45) is 0. The smallest absolute Gasteiger partial charge is 0.317 e. The Labute approximate surface area is 113 Å². The molecule has 104 valence electrons. The third kappa shape index (κ3) is 3.61. The fourth-order valence-corrected chi connectivity index (χ4v) is 2.22. The van der Waals surface area contributed by atoms with Crippen LogP contribution in [0.15, 0.2) is 24.3 Å². The molecule has 0 aliphatic carbocycles. The van der Waals surface area contributed by atoms with Crippen LogP contribution in [0.1, 0.15) is 12.5 Å². The number of nitrogens with zero attached hydrogens (tertiary/aromatic N) is 1. The highest BCUT2D eigenvalue weighted by Gasteiger charge is 2.20. The molecule has 2 amide bonds. The van der Waals surface area contributed by atoms with Crippen molar-refractivity contribution in [1.82, 2.24) is 10.2 Å². The van der Waals surface area contributed by atoms with Crippen molar-refractivity contribution in [2.75, 3.05) is 32.1 Å². The van der Waals surface area contributed by atoms with Gasteiger partial charge in [0.05, 0.1) is 6.61 Å². The molecule has 0 bridgehead atoms. The van der Waals surface area contributed by atoms with Crippen LogP contribution in [0, 0.1) is 0 Å². The van der Waals surface area contributed by atoms with Crippen molar-refractivity contribution in [1.29, 1.82) is 0 Å². The number of para-hydroxylation sites is 1. The fraction of sp³-hybridized carbons (Fsp3) is 0.500. The maximum atomic E-state index is 11.6. The number of ether oxygens (including phenoxy) is 1. The molecule has 0 radical (unpaired) electrons. The topological polar surface area (TPSA) is 53.6 Å². The predicted octanol–water partition coefficient (Wildman–Crippen LogP) is 1.66. The van der Waals surface area contributed by atoms with Crippen molar-refractivity contribution in [3.63, 3.8) is 0 Å². The molecule has 2 rings (SSSR count). The van der Waals surface area contributed by atoms with Crippen molar-refractivity contribution in [3.8, 4) is 0 Å². The van der Waals surface area contributed by atoms with Crippen LogP contribution >= 0.6 is 0 Å². The number of anilines is 1. The van der Waals surface area contributed by atoms with Gasteiger partial charge in [0.2, 0.25) is 0 Å². The van der Waals surface area contributed by atoms with Gasteiger partial charge < -0.3 is 20.3 Å². The molecule has 0 spiro atoms. The number of carbonyl (C=O) groups excluding carboxylic acids is 1. The lowest BCUT2D eigenvalue weighted by Crippen LogP contribution is -2.28. The number of rotatable bonds is 6. The van der Waals surface area contributed by atoms with E-state index in [-0.39, 0.29) is 12.1 Å². The summed E-state index contributed by atoms with van der Waals surface area (Å²) in [4.78, 5) is 13.4. The Balaban J connectivity index is 2.05. The second-order valence-electron chi connectivity index (χ2n) is 4.81. The number of hydrogen-bond donors (Lipinski definition) is 2. The molecule has 0 unspecified atom stereocenters. The zero-order valence-electron chi connectivity index (χ0n) is 11.5. The second kappa shape index (κ2) is 6.43. The largest absolute Gasteiger partial charge is 0.383 e. The highest BCUT2D eigenvalue weighted by atomic mass is 16.5. The first kappa shape index (κ1) is 13.7. The summed E-state index contributed by atoms with van der Waals surface area (Å²) in [6, 6.07) is 8.33. The average Bonchev–Trinajstić information content (AvgIpc) is 2.78. The van der Waals surface area contributed by atoms with E-state index in [1.54, 1.807) is 7.11 Å².